The molecule has 1 aliphatic heterocycles. The van der Waals surface area contributed by atoms with Crippen molar-refractivity contribution in [3.05, 3.63) is 59.2 Å². The molecule has 1 atom stereocenters. The Labute approximate surface area is 122 Å². The van der Waals surface area contributed by atoms with Gasteiger partial charge >= 0.3 is 0 Å². The standard InChI is InChI=1S/C16H17F2N3/c1-11-8-19-9-15(20-11)16-3-2-6-21(16)10-12-7-13(17)4-5-14(12)18/h4-5,7-9,16H,2-3,6,10H2,1H3. The molecule has 0 N–H and O–H groups in total. The van der Waals surface area contributed by atoms with Gasteiger partial charge in [0.2, 0.25) is 0 Å². The number of likely N-dealkylation sites (tertiary alicyclic amines) is 1. The zero-order valence-corrected chi connectivity index (χ0v) is 11.9. The number of nitrogens with zero attached hydrogens (tertiary/aromatic N) is 3. The van der Waals surface area contributed by atoms with Crippen LogP contribution in [0.2, 0.25) is 0 Å². The van der Waals surface area contributed by atoms with Gasteiger partial charge in [-0.05, 0) is 44.5 Å². The van der Waals surface area contributed by atoms with Crippen molar-refractivity contribution in [2.45, 2.75) is 32.4 Å². The molecular formula is C16H17F2N3. The summed E-state index contributed by atoms with van der Waals surface area (Å²) in [5.41, 5.74) is 2.17. The van der Waals surface area contributed by atoms with Gasteiger partial charge in [-0.25, -0.2) is 8.78 Å². The van der Waals surface area contributed by atoms with Crippen molar-refractivity contribution in [1.29, 1.82) is 0 Å². The molecule has 1 unspecified atom stereocenters. The number of hydrogen-bond acceptors (Lipinski definition) is 3. The first-order valence-corrected chi connectivity index (χ1v) is 7.10. The Morgan fingerprint density at radius 3 is 2.95 bits per heavy atom. The second kappa shape index (κ2) is 5.85. The van der Waals surface area contributed by atoms with Gasteiger partial charge in [-0.2, -0.15) is 0 Å². The summed E-state index contributed by atoms with van der Waals surface area (Å²) in [6.07, 6.45) is 5.47. The first-order chi connectivity index (χ1) is 10.1. The van der Waals surface area contributed by atoms with Crippen molar-refractivity contribution in [3.63, 3.8) is 0 Å². The zero-order valence-electron chi connectivity index (χ0n) is 11.9. The van der Waals surface area contributed by atoms with E-state index in [4.69, 9.17) is 0 Å². The van der Waals surface area contributed by atoms with Crippen LogP contribution in [0.15, 0.2) is 30.6 Å². The normalized spacial score (nSPS) is 19.1. The van der Waals surface area contributed by atoms with E-state index in [-0.39, 0.29) is 11.9 Å². The van der Waals surface area contributed by atoms with Gasteiger partial charge in [-0.1, -0.05) is 0 Å². The Morgan fingerprint density at radius 2 is 2.14 bits per heavy atom. The van der Waals surface area contributed by atoms with E-state index < -0.39 is 5.82 Å². The van der Waals surface area contributed by atoms with Crippen LogP contribution in [0, 0.1) is 18.6 Å². The smallest absolute Gasteiger partial charge is 0.127 e. The molecule has 21 heavy (non-hydrogen) atoms. The van der Waals surface area contributed by atoms with Crippen LogP contribution in [0.25, 0.3) is 0 Å². The van der Waals surface area contributed by atoms with Gasteiger partial charge in [0.05, 0.1) is 17.4 Å². The first-order valence-electron chi connectivity index (χ1n) is 7.10. The molecule has 0 amide bonds. The van der Waals surface area contributed by atoms with E-state index in [0.29, 0.717) is 12.1 Å². The third-order valence-electron chi connectivity index (χ3n) is 3.86. The lowest BCUT2D eigenvalue weighted by Gasteiger charge is -2.24. The number of benzene rings is 1. The van der Waals surface area contributed by atoms with Gasteiger partial charge in [0.25, 0.3) is 0 Å². The molecule has 2 heterocycles. The summed E-state index contributed by atoms with van der Waals surface area (Å²) in [6, 6.07) is 3.72. The lowest BCUT2D eigenvalue weighted by atomic mass is 10.1. The van der Waals surface area contributed by atoms with Gasteiger partial charge in [0, 0.05) is 24.5 Å². The Bertz CT molecular complexity index is 645. The molecule has 110 valence electrons. The molecule has 3 rings (SSSR count). The summed E-state index contributed by atoms with van der Waals surface area (Å²) < 4.78 is 27.1. The predicted octanol–water partition coefficient (Wildman–Crippen LogP) is 3.40. The predicted molar refractivity (Wildman–Crippen MR) is 75.5 cm³/mol. The second-order valence-corrected chi connectivity index (χ2v) is 5.45. The summed E-state index contributed by atoms with van der Waals surface area (Å²) in [5.74, 6) is -0.769. The Balaban J connectivity index is 1.83. The molecule has 1 aromatic heterocycles. The minimum Gasteiger partial charge on any atom is -0.290 e. The molecule has 0 spiro atoms. The van der Waals surface area contributed by atoms with Crippen molar-refractivity contribution >= 4 is 0 Å². The molecule has 0 aliphatic carbocycles. The molecular weight excluding hydrogens is 272 g/mol. The maximum absolute atomic E-state index is 13.8. The third kappa shape index (κ3) is 3.08. The van der Waals surface area contributed by atoms with E-state index in [9.17, 15) is 8.78 Å². The minimum atomic E-state index is -0.405. The van der Waals surface area contributed by atoms with E-state index in [1.165, 1.54) is 12.1 Å². The Morgan fingerprint density at radius 1 is 1.29 bits per heavy atom. The molecule has 0 bridgehead atoms. The topological polar surface area (TPSA) is 29.0 Å². The SMILES string of the molecule is Cc1cncc(C2CCCN2Cc2cc(F)ccc2F)n1. The summed E-state index contributed by atoms with van der Waals surface area (Å²) in [7, 11) is 0. The van der Waals surface area contributed by atoms with Gasteiger partial charge in [0.1, 0.15) is 11.6 Å². The lowest BCUT2D eigenvalue weighted by molar-refractivity contribution is 0.240. The molecule has 1 fully saturated rings. The molecule has 2 aromatic rings. The van der Waals surface area contributed by atoms with Crippen LogP contribution >= 0.6 is 0 Å². The number of halogens is 2. The number of aryl methyl sites for hydroxylation is 1. The molecule has 1 saturated heterocycles. The number of hydrogen-bond donors (Lipinski definition) is 0. The second-order valence-electron chi connectivity index (χ2n) is 5.45. The average Bonchev–Trinajstić information content (AvgIpc) is 2.91. The van der Waals surface area contributed by atoms with E-state index in [1.807, 2.05) is 6.92 Å². The molecule has 1 aliphatic rings. The lowest BCUT2D eigenvalue weighted by Crippen LogP contribution is -2.24. The monoisotopic (exact) mass is 289 g/mol. The fourth-order valence-electron chi connectivity index (χ4n) is 2.88. The van der Waals surface area contributed by atoms with Crippen molar-refractivity contribution in [2.75, 3.05) is 6.54 Å². The molecule has 3 nitrogen and oxygen atoms in total. The fourth-order valence-corrected chi connectivity index (χ4v) is 2.88. The Hall–Kier alpha value is -1.88. The largest absolute Gasteiger partial charge is 0.290 e. The summed E-state index contributed by atoms with van der Waals surface area (Å²) in [5, 5.41) is 0. The highest BCUT2D eigenvalue weighted by atomic mass is 19.1. The highest BCUT2D eigenvalue weighted by Crippen LogP contribution is 2.32. The summed E-state index contributed by atoms with van der Waals surface area (Å²) >= 11 is 0. The number of rotatable bonds is 3. The van der Waals surface area contributed by atoms with Crippen LogP contribution in [-0.4, -0.2) is 21.4 Å². The van der Waals surface area contributed by atoms with E-state index in [2.05, 4.69) is 14.9 Å². The molecule has 1 aromatic carbocycles. The maximum atomic E-state index is 13.8. The number of aromatic nitrogens is 2. The summed E-state index contributed by atoms with van der Waals surface area (Å²) in [6.45, 7) is 3.15. The van der Waals surface area contributed by atoms with Crippen LogP contribution < -0.4 is 0 Å². The average molecular weight is 289 g/mol. The highest BCUT2D eigenvalue weighted by molar-refractivity contribution is 5.19. The third-order valence-corrected chi connectivity index (χ3v) is 3.86. The van der Waals surface area contributed by atoms with Crippen molar-refractivity contribution in [3.8, 4) is 0 Å². The van der Waals surface area contributed by atoms with Crippen LogP contribution in [0.5, 0.6) is 0 Å². The summed E-state index contributed by atoms with van der Waals surface area (Å²) in [4.78, 5) is 10.8. The molecule has 5 heteroatoms. The van der Waals surface area contributed by atoms with Crippen molar-refractivity contribution in [1.82, 2.24) is 14.9 Å². The fraction of sp³-hybridized carbons (Fsp3) is 0.375. The van der Waals surface area contributed by atoms with Crippen molar-refractivity contribution in [2.24, 2.45) is 0 Å². The van der Waals surface area contributed by atoms with Gasteiger partial charge < -0.3 is 0 Å². The molecule has 0 saturated carbocycles. The minimum absolute atomic E-state index is 0.125. The quantitative estimate of drug-likeness (QED) is 0.867. The van der Waals surface area contributed by atoms with Crippen LogP contribution in [-0.2, 0) is 6.54 Å². The van der Waals surface area contributed by atoms with Crippen LogP contribution in [0.4, 0.5) is 8.78 Å². The van der Waals surface area contributed by atoms with Gasteiger partial charge in [0.15, 0.2) is 0 Å². The van der Waals surface area contributed by atoms with E-state index >= 15 is 0 Å². The van der Waals surface area contributed by atoms with E-state index in [0.717, 1.165) is 36.8 Å². The Kier molecular flexibility index (Phi) is 3.92. The maximum Gasteiger partial charge on any atom is 0.127 e. The van der Waals surface area contributed by atoms with Crippen LogP contribution in [0.1, 0.15) is 35.8 Å². The first kappa shape index (κ1) is 14.1. The van der Waals surface area contributed by atoms with Gasteiger partial charge in [-0.3, -0.25) is 14.9 Å². The van der Waals surface area contributed by atoms with Crippen LogP contribution in [0.3, 0.4) is 0 Å². The van der Waals surface area contributed by atoms with Crippen molar-refractivity contribution < 1.29 is 8.78 Å². The van der Waals surface area contributed by atoms with E-state index in [1.54, 1.807) is 12.4 Å². The highest BCUT2D eigenvalue weighted by Gasteiger charge is 2.28. The van der Waals surface area contributed by atoms with Gasteiger partial charge in [-0.15, -0.1) is 0 Å². The molecule has 0 radical (unpaired) electrons. The zero-order chi connectivity index (χ0) is 14.8.